The third-order valence-corrected chi connectivity index (χ3v) is 6.07. The Labute approximate surface area is 161 Å². The highest BCUT2D eigenvalue weighted by molar-refractivity contribution is 6.72. The quantitative estimate of drug-likeness (QED) is 0.564. The number of hydrogen-bond donors (Lipinski definition) is 0. The van der Waals surface area contributed by atoms with Crippen molar-refractivity contribution in [2.45, 2.75) is 44.2 Å². The molecule has 3 heterocycles. The summed E-state index contributed by atoms with van der Waals surface area (Å²) < 4.78 is 0. The van der Waals surface area contributed by atoms with E-state index in [1.165, 1.54) is 12.8 Å². The number of aromatic nitrogens is 2. The lowest BCUT2D eigenvalue weighted by Crippen LogP contribution is -2.28. The summed E-state index contributed by atoms with van der Waals surface area (Å²) >= 11 is 0. The average molecular weight is 356 g/mol. The van der Waals surface area contributed by atoms with Crippen LogP contribution in [-0.4, -0.2) is 29.8 Å². The summed E-state index contributed by atoms with van der Waals surface area (Å²) in [5, 5.41) is 9.92. The van der Waals surface area contributed by atoms with Gasteiger partial charge in [0.15, 0.2) is 0 Å². The van der Waals surface area contributed by atoms with Gasteiger partial charge in [0.1, 0.15) is 5.82 Å². The van der Waals surface area contributed by atoms with Gasteiger partial charge >= 0.3 is 0 Å². The summed E-state index contributed by atoms with van der Waals surface area (Å²) in [5.41, 5.74) is 2.77. The van der Waals surface area contributed by atoms with Crippen LogP contribution in [0.3, 0.4) is 0 Å². The van der Waals surface area contributed by atoms with Crippen molar-refractivity contribution in [2.24, 2.45) is 0 Å². The van der Waals surface area contributed by atoms with Crippen LogP contribution in [0, 0.1) is 11.2 Å². The third-order valence-electron chi connectivity index (χ3n) is 6.07. The van der Waals surface area contributed by atoms with Crippen molar-refractivity contribution >= 4 is 29.6 Å². The van der Waals surface area contributed by atoms with E-state index in [1.807, 2.05) is 43.4 Å². The van der Waals surface area contributed by atoms with Crippen molar-refractivity contribution < 1.29 is 0 Å². The van der Waals surface area contributed by atoms with Crippen LogP contribution in [0.25, 0.3) is 17.1 Å². The summed E-state index contributed by atoms with van der Waals surface area (Å²) in [4.78, 5) is 11.8. The van der Waals surface area contributed by atoms with Gasteiger partial charge in [0, 0.05) is 19.1 Å². The van der Waals surface area contributed by atoms with E-state index in [0.717, 1.165) is 42.1 Å². The smallest absolute Gasteiger partial charge is 0.278 e. The zero-order valence-corrected chi connectivity index (χ0v) is 16.1. The number of anilines is 1. The molecule has 2 fully saturated rings. The second-order valence-corrected chi connectivity index (χ2v) is 8.08. The van der Waals surface area contributed by atoms with Gasteiger partial charge in [-0.25, -0.2) is 15.2 Å². The van der Waals surface area contributed by atoms with Crippen molar-refractivity contribution in [1.29, 1.82) is 5.26 Å². The number of nitriles is 1. The van der Waals surface area contributed by atoms with Crippen LogP contribution in [0.15, 0.2) is 42.5 Å². The highest BCUT2D eigenvalue weighted by Gasteiger charge is 2.52. The predicted octanol–water partition coefficient (Wildman–Crippen LogP) is 4.91. The first-order chi connectivity index (χ1) is 13.1. The summed E-state index contributed by atoms with van der Waals surface area (Å²) in [6.45, 7) is 6.36. The molecule has 0 N–H and O–H groups in total. The molecule has 4 nitrogen and oxygen atoms in total. The van der Waals surface area contributed by atoms with Crippen molar-refractivity contribution in [3.63, 3.8) is 0 Å². The molecule has 0 aromatic carbocycles. The van der Waals surface area contributed by atoms with Gasteiger partial charge in [0.2, 0.25) is 0 Å². The van der Waals surface area contributed by atoms with E-state index in [4.69, 9.17) is 4.98 Å². The van der Waals surface area contributed by atoms with Crippen LogP contribution < -0.4 is 4.90 Å². The van der Waals surface area contributed by atoms with Gasteiger partial charge in [-0.05, 0) is 54.8 Å². The molecule has 0 radical (unpaired) electrons. The largest absolute Gasteiger partial charge is 0.357 e. The summed E-state index contributed by atoms with van der Waals surface area (Å²) in [6, 6.07) is 8.17. The number of fused-ring (bicyclic) bond motifs is 1. The van der Waals surface area contributed by atoms with Crippen LogP contribution in [-0.2, 0) is 0 Å². The van der Waals surface area contributed by atoms with E-state index in [1.54, 1.807) is 0 Å². The van der Waals surface area contributed by atoms with Crippen molar-refractivity contribution in [1.82, 2.24) is 9.97 Å². The molecule has 0 spiro atoms. The van der Waals surface area contributed by atoms with Gasteiger partial charge in [0.25, 0.3) is 6.71 Å². The molecule has 1 atom stereocenters. The number of hydrogen-bond acceptors (Lipinski definition) is 4. The molecule has 1 saturated heterocycles. The maximum Gasteiger partial charge on any atom is 0.278 e. The second-order valence-electron chi connectivity index (χ2n) is 8.08. The number of pyridine rings is 2. The molecule has 27 heavy (non-hydrogen) atoms. The lowest BCUT2D eigenvalue weighted by atomic mass is 9.33. The van der Waals surface area contributed by atoms with Gasteiger partial charge < -0.3 is 4.90 Å². The van der Waals surface area contributed by atoms with Crippen LogP contribution in [0.2, 0.25) is 11.1 Å². The number of nitrogens with zero attached hydrogens (tertiary/aromatic N) is 4. The molecular weight excluding hydrogens is 331 g/mol. The normalized spacial score (nSPS) is 21.2. The minimum atomic E-state index is 0.177. The Kier molecular flexibility index (Phi) is 4.74. The van der Waals surface area contributed by atoms with E-state index in [0.29, 0.717) is 5.82 Å². The Morgan fingerprint density at radius 2 is 1.96 bits per heavy atom. The topological polar surface area (TPSA) is 52.8 Å². The lowest BCUT2D eigenvalue weighted by Gasteiger charge is -2.21. The molecule has 1 unspecified atom stereocenters. The highest BCUT2D eigenvalue weighted by Crippen LogP contribution is 2.58. The Morgan fingerprint density at radius 1 is 1.19 bits per heavy atom. The van der Waals surface area contributed by atoms with Crippen LogP contribution in [0.4, 0.5) is 5.82 Å². The molecule has 2 aromatic heterocycles. The molecule has 4 rings (SSSR count). The van der Waals surface area contributed by atoms with Crippen molar-refractivity contribution in [2.75, 3.05) is 18.0 Å². The zero-order chi connectivity index (χ0) is 18.9. The average Bonchev–Trinajstić information content (AvgIpc) is 3.23. The summed E-state index contributed by atoms with van der Waals surface area (Å²) in [7, 11) is 0. The molecule has 5 heteroatoms. The van der Waals surface area contributed by atoms with Gasteiger partial charge in [-0.1, -0.05) is 38.0 Å². The first-order valence-corrected chi connectivity index (χ1v) is 9.85. The predicted molar refractivity (Wildman–Crippen MR) is 113 cm³/mol. The van der Waals surface area contributed by atoms with Crippen molar-refractivity contribution in [3.05, 3.63) is 48.2 Å². The molecule has 2 aromatic rings. The molecule has 1 aliphatic heterocycles. The number of rotatable bonds is 5. The van der Waals surface area contributed by atoms with Gasteiger partial charge in [-0.15, -0.1) is 0 Å². The Bertz CT molecular complexity index is 939. The second kappa shape index (κ2) is 7.19. The minimum Gasteiger partial charge on any atom is -0.357 e. The van der Waals surface area contributed by atoms with E-state index in [-0.39, 0.29) is 12.0 Å². The molecule has 136 valence electrons. The van der Waals surface area contributed by atoms with E-state index in [9.17, 15) is 5.26 Å². The SMILES string of the molecule is C/C=C/C=C/c1ccc2nc(N3CCC(B(C#N)C4(C)CC4)C3)ccc2n1. The Balaban J connectivity index is 1.51. The van der Waals surface area contributed by atoms with Gasteiger partial charge in [-0.2, -0.15) is 0 Å². The fourth-order valence-corrected chi connectivity index (χ4v) is 4.15. The summed E-state index contributed by atoms with van der Waals surface area (Å²) in [6.07, 6.45) is 11.5. The molecule has 1 saturated carbocycles. The molecule has 0 amide bonds. The maximum absolute atomic E-state index is 9.66. The fourth-order valence-electron chi connectivity index (χ4n) is 4.15. The molecule has 2 aliphatic rings. The fraction of sp³-hybridized carbons (Fsp3) is 0.409. The van der Waals surface area contributed by atoms with Gasteiger partial charge in [-0.3, -0.25) is 0 Å². The molecular formula is C22H25BN4. The standard InChI is InChI=1S/C22H25BN4/c1-3-4-5-6-18-7-8-20-19(25-18)9-10-21(26-20)27-14-11-17(15-27)23(16-24)22(2)12-13-22/h3-10,17H,11-15H2,1-2H3/b4-3+,6-5+. The lowest BCUT2D eigenvalue weighted by molar-refractivity contribution is 0.854. The summed E-state index contributed by atoms with van der Waals surface area (Å²) in [5.74, 6) is 4.06. The van der Waals surface area contributed by atoms with Crippen LogP contribution in [0.1, 0.15) is 38.8 Å². The third kappa shape index (κ3) is 3.62. The molecule has 0 bridgehead atoms. The first-order valence-electron chi connectivity index (χ1n) is 9.85. The monoisotopic (exact) mass is 356 g/mol. The van der Waals surface area contributed by atoms with E-state index in [2.05, 4.69) is 34.9 Å². The Morgan fingerprint density at radius 3 is 2.70 bits per heavy atom. The zero-order valence-electron chi connectivity index (χ0n) is 16.1. The molecule has 1 aliphatic carbocycles. The highest BCUT2D eigenvalue weighted by atomic mass is 15.2. The van der Waals surface area contributed by atoms with Crippen molar-refractivity contribution in [3.8, 4) is 5.97 Å². The number of allylic oxidation sites excluding steroid dienone is 3. The van der Waals surface area contributed by atoms with E-state index >= 15 is 0 Å². The Hall–Kier alpha value is -2.61. The minimum absolute atomic E-state index is 0.177. The van der Waals surface area contributed by atoms with Crippen LogP contribution >= 0.6 is 0 Å². The van der Waals surface area contributed by atoms with E-state index < -0.39 is 0 Å². The van der Waals surface area contributed by atoms with Crippen LogP contribution in [0.5, 0.6) is 0 Å². The van der Waals surface area contributed by atoms with Gasteiger partial charge in [0.05, 0.1) is 16.7 Å². The first kappa shape index (κ1) is 17.8. The maximum atomic E-state index is 9.66.